The van der Waals surface area contributed by atoms with Crippen molar-refractivity contribution in [2.75, 3.05) is 13.1 Å². The first-order valence-electron chi connectivity index (χ1n) is 4.79. The maximum atomic E-state index is 10.7. The molecule has 82 valence electrons. The lowest BCUT2D eigenvalue weighted by Crippen LogP contribution is -2.16. The average molecular weight is 229 g/mol. The van der Waals surface area contributed by atoms with Crippen LogP contribution in [0.4, 0.5) is 5.69 Å². The molecule has 0 unspecified atom stereocenters. The Labute approximate surface area is 93.4 Å². The molecule has 0 saturated carbocycles. The predicted molar refractivity (Wildman–Crippen MR) is 60.4 cm³/mol. The van der Waals surface area contributed by atoms with Crippen LogP contribution >= 0.6 is 11.6 Å². The highest BCUT2D eigenvalue weighted by Gasteiger charge is 2.15. The summed E-state index contributed by atoms with van der Waals surface area (Å²) in [5, 5.41) is 14.3. The number of likely N-dealkylation sites (N-methyl/N-ethyl adjacent to an activating group) is 1. The van der Waals surface area contributed by atoms with Crippen LogP contribution in [-0.2, 0) is 6.42 Å². The van der Waals surface area contributed by atoms with Crippen molar-refractivity contribution < 1.29 is 4.92 Å². The zero-order chi connectivity index (χ0) is 11.3. The van der Waals surface area contributed by atoms with Gasteiger partial charge in [-0.3, -0.25) is 10.1 Å². The van der Waals surface area contributed by atoms with Crippen LogP contribution in [-0.4, -0.2) is 18.0 Å². The lowest BCUT2D eigenvalue weighted by atomic mass is 10.1. The highest BCUT2D eigenvalue weighted by atomic mass is 35.5. The van der Waals surface area contributed by atoms with Gasteiger partial charge in [0.1, 0.15) is 0 Å². The van der Waals surface area contributed by atoms with E-state index in [0.717, 1.165) is 6.54 Å². The molecule has 1 aromatic rings. The minimum absolute atomic E-state index is 0.0976. The van der Waals surface area contributed by atoms with E-state index >= 15 is 0 Å². The monoisotopic (exact) mass is 228 g/mol. The van der Waals surface area contributed by atoms with Crippen LogP contribution < -0.4 is 5.32 Å². The van der Waals surface area contributed by atoms with Crippen LogP contribution in [0.1, 0.15) is 12.5 Å². The van der Waals surface area contributed by atoms with E-state index < -0.39 is 4.92 Å². The van der Waals surface area contributed by atoms with Gasteiger partial charge < -0.3 is 5.32 Å². The SMILES string of the molecule is CCNCCc1c(Cl)cccc1[N+](=O)[O-]. The molecule has 15 heavy (non-hydrogen) atoms. The third-order valence-electron chi connectivity index (χ3n) is 2.09. The van der Waals surface area contributed by atoms with Gasteiger partial charge in [-0.15, -0.1) is 0 Å². The fourth-order valence-electron chi connectivity index (χ4n) is 1.36. The number of rotatable bonds is 5. The second-order valence-electron chi connectivity index (χ2n) is 3.10. The molecular formula is C10H13ClN2O2. The zero-order valence-electron chi connectivity index (χ0n) is 8.50. The van der Waals surface area contributed by atoms with E-state index in [1.807, 2.05) is 6.92 Å². The largest absolute Gasteiger partial charge is 0.317 e. The summed E-state index contributed by atoms with van der Waals surface area (Å²) >= 11 is 5.92. The van der Waals surface area contributed by atoms with Crippen molar-refractivity contribution >= 4 is 17.3 Å². The minimum atomic E-state index is -0.396. The molecule has 0 aliphatic carbocycles. The van der Waals surface area contributed by atoms with Gasteiger partial charge in [0.15, 0.2) is 0 Å². The summed E-state index contributed by atoms with van der Waals surface area (Å²) in [5.41, 5.74) is 0.700. The van der Waals surface area contributed by atoms with E-state index in [1.165, 1.54) is 6.07 Å². The van der Waals surface area contributed by atoms with Crippen LogP contribution in [0.5, 0.6) is 0 Å². The number of nitrogens with one attached hydrogen (secondary N) is 1. The van der Waals surface area contributed by atoms with Crippen molar-refractivity contribution in [3.8, 4) is 0 Å². The van der Waals surface area contributed by atoms with Crippen molar-refractivity contribution in [2.24, 2.45) is 0 Å². The Hall–Kier alpha value is -1.13. The normalized spacial score (nSPS) is 10.3. The molecule has 0 bridgehead atoms. The van der Waals surface area contributed by atoms with E-state index in [1.54, 1.807) is 12.1 Å². The molecule has 4 nitrogen and oxygen atoms in total. The van der Waals surface area contributed by atoms with Crippen LogP contribution in [0.2, 0.25) is 5.02 Å². The van der Waals surface area contributed by atoms with Crippen molar-refractivity contribution in [3.63, 3.8) is 0 Å². The summed E-state index contributed by atoms with van der Waals surface area (Å²) in [6.07, 6.45) is 0.573. The third kappa shape index (κ3) is 3.18. The van der Waals surface area contributed by atoms with E-state index in [-0.39, 0.29) is 5.69 Å². The lowest BCUT2D eigenvalue weighted by Gasteiger charge is -2.05. The summed E-state index contributed by atoms with van der Waals surface area (Å²) in [7, 11) is 0. The average Bonchev–Trinajstić information content (AvgIpc) is 2.20. The molecule has 0 amide bonds. The second kappa shape index (κ2) is 5.68. The smallest absolute Gasteiger partial charge is 0.274 e. The Morgan fingerprint density at radius 3 is 2.87 bits per heavy atom. The maximum Gasteiger partial charge on any atom is 0.274 e. The van der Waals surface area contributed by atoms with E-state index in [9.17, 15) is 10.1 Å². The number of nitrogens with zero attached hydrogens (tertiary/aromatic N) is 1. The first kappa shape index (κ1) is 11.9. The summed E-state index contributed by atoms with van der Waals surface area (Å²) in [6.45, 7) is 3.53. The molecule has 0 spiro atoms. The molecule has 0 aliphatic heterocycles. The maximum absolute atomic E-state index is 10.7. The van der Waals surface area contributed by atoms with Gasteiger partial charge in [0.2, 0.25) is 0 Å². The summed E-state index contributed by atoms with van der Waals surface area (Å²) in [4.78, 5) is 10.3. The minimum Gasteiger partial charge on any atom is -0.317 e. The van der Waals surface area contributed by atoms with Crippen molar-refractivity contribution in [3.05, 3.63) is 38.9 Å². The van der Waals surface area contributed by atoms with Gasteiger partial charge in [0, 0.05) is 11.6 Å². The first-order valence-corrected chi connectivity index (χ1v) is 5.17. The topological polar surface area (TPSA) is 55.2 Å². The van der Waals surface area contributed by atoms with Crippen LogP contribution in [0, 0.1) is 10.1 Å². The van der Waals surface area contributed by atoms with Crippen molar-refractivity contribution in [1.82, 2.24) is 5.32 Å². The number of hydrogen-bond donors (Lipinski definition) is 1. The second-order valence-corrected chi connectivity index (χ2v) is 3.51. The Morgan fingerprint density at radius 1 is 1.53 bits per heavy atom. The van der Waals surface area contributed by atoms with Gasteiger partial charge in [0.25, 0.3) is 5.69 Å². The van der Waals surface area contributed by atoms with Gasteiger partial charge in [-0.05, 0) is 25.6 Å². The highest BCUT2D eigenvalue weighted by molar-refractivity contribution is 6.31. The Kier molecular flexibility index (Phi) is 4.52. The van der Waals surface area contributed by atoms with Gasteiger partial charge >= 0.3 is 0 Å². The molecular weight excluding hydrogens is 216 g/mol. The fraction of sp³-hybridized carbons (Fsp3) is 0.400. The predicted octanol–water partition coefficient (Wildman–Crippen LogP) is 2.40. The molecule has 1 rings (SSSR count). The number of hydrogen-bond acceptors (Lipinski definition) is 3. The molecule has 0 atom stereocenters. The Balaban J connectivity index is 2.87. The van der Waals surface area contributed by atoms with Gasteiger partial charge in [-0.2, -0.15) is 0 Å². The van der Waals surface area contributed by atoms with Crippen LogP contribution in [0.15, 0.2) is 18.2 Å². The summed E-state index contributed by atoms with van der Waals surface area (Å²) < 4.78 is 0. The van der Waals surface area contributed by atoms with Crippen LogP contribution in [0.3, 0.4) is 0 Å². The van der Waals surface area contributed by atoms with Crippen molar-refractivity contribution in [2.45, 2.75) is 13.3 Å². The van der Waals surface area contributed by atoms with E-state index in [0.29, 0.717) is 23.6 Å². The Bertz CT molecular complexity index is 355. The molecule has 5 heteroatoms. The molecule has 0 aliphatic rings. The molecule has 0 aromatic heterocycles. The van der Waals surface area contributed by atoms with E-state index in [2.05, 4.69) is 5.32 Å². The van der Waals surface area contributed by atoms with Gasteiger partial charge in [-0.1, -0.05) is 24.6 Å². The Morgan fingerprint density at radius 2 is 2.27 bits per heavy atom. The number of halogens is 1. The molecule has 0 heterocycles. The highest BCUT2D eigenvalue weighted by Crippen LogP contribution is 2.26. The van der Waals surface area contributed by atoms with E-state index in [4.69, 9.17) is 11.6 Å². The summed E-state index contributed by atoms with van der Waals surface area (Å²) in [5.74, 6) is 0. The number of nitro benzene ring substituents is 1. The molecule has 0 radical (unpaired) electrons. The third-order valence-corrected chi connectivity index (χ3v) is 2.45. The lowest BCUT2D eigenvalue weighted by molar-refractivity contribution is -0.385. The first-order chi connectivity index (χ1) is 7.16. The van der Waals surface area contributed by atoms with Gasteiger partial charge in [-0.25, -0.2) is 0 Å². The number of benzene rings is 1. The zero-order valence-corrected chi connectivity index (χ0v) is 9.25. The molecule has 0 saturated heterocycles. The quantitative estimate of drug-likeness (QED) is 0.478. The standard InChI is InChI=1S/C10H13ClN2O2/c1-2-12-7-6-8-9(11)4-3-5-10(8)13(14)15/h3-5,12H,2,6-7H2,1H3. The van der Waals surface area contributed by atoms with Crippen molar-refractivity contribution in [1.29, 1.82) is 0 Å². The molecule has 0 fully saturated rings. The van der Waals surface area contributed by atoms with Gasteiger partial charge in [0.05, 0.1) is 9.95 Å². The number of nitro groups is 1. The van der Waals surface area contributed by atoms with Crippen LogP contribution in [0.25, 0.3) is 0 Å². The molecule has 1 N–H and O–H groups in total. The summed E-state index contributed by atoms with van der Waals surface area (Å²) in [6, 6.07) is 4.75. The molecule has 1 aromatic carbocycles. The fourth-order valence-corrected chi connectivity index (χ4v) is 1.62.